The molecule has 2 heterocycles. The van der Waals surface area contributed by atoms with Gasteiger partial charge in [0.15, 0.2) is 0 Å². The van der Waals surface area contributed by atoms with Crippen LogP contribution in [0.5, 0.6) is 0 Å². The zero-order valence-electron chi connectivity index (χ0n) is 12.1. The number of nitrogens with zero attached hydrogens (tertiary/aromatic N) is 2. The molecule has 0 amide bonds. The van der Waals surface area contributed by atoms with Crippen molar-refractivity contribution in [1.82, 2.24) is 8.87 Å². The minimum Gasteiger partial charge on any atom is -0.376 e. The van der Waals surface area contributed by atoms with Crippen LogP contribution in [0.1, 0.15) is 26.0 Å². The highest BCUT2D eigenvalue weighted by Gasteiger charge is 2.30. The predicted octanol–water partition coefficient (Wildman–Crippen LogP) is 0.766. The van der Waals surface area contributed by atoms with Crippen LogP contribution in [0.25, 0.3) is 0 Å². The summed E-state index contributed by atoms with van der Waals surface area (Å²) in [6.07, 6.45) is 2.57. The molecular formula is C13H23N3O3S. The van der Waals surface area contributed by atoms with E-state index in [0.29, 0.717) is 31.1 Å². The van der Waals surface area contributed by atoms with E-state index < -0.39 is 10.0 Å². The number of aromatic nitrogens is 1. The second-order valence-corrected chi connectivity index (χ2v) is 7.05. The predicted molar refractivity (Wildman–Crippen MR) is 76.8 cm³/mol. The standard InChI is InChI=1S/C13H23N3O3S/c1-3-4-15-10-13(7-12(15)8-14)20(17,18)16-5-6-19-11(2)9-16/h7,10-11H,3-6,8-9,14H2,1-2H3. The van der Waals surface area contributed by atoms with E-state index in [9.17, 15) is 8.42 Å². The average Bonchev–Trinajstić information content (AvgIpc) is 2.83. The Morgan fingerprint density at radius 1 is 1.50 bits per heavy atom. The lowest BCUT2D eigenvalue weighted by molar-refractivity contribution is 0.0102. The van der Waals surface area contributed by atoms with Gasteiger partial charge in [0.1, 0.15) is 4.90 Å². The molecule has 0 spiro atoms. The molecule has 1 unspecified atom stereocenters. The summed E-state index contributed by atoms with van der Waals surface area (Å²) in [5.74, 6) is 0. The summed E-state index contributed by atoms with van der Waals surface area (Å²) in [5.41, 5.74) is 6.54. The highest BCUT2D eigenvalue weighted by Crippen LogP contribution is 2.21. The number of aryl methyl sites for hydroxylation is 1. The van der Waals surface area contributed by atoms with Gasteiger partial charge in [-0.05, 0) is 19.4 Å². The second-order valence-electron chi connectivity index (χ2n) is 5.11. The van der Waals surface area contributed by atoms with Gasteiger partial charge in [-0.25, -0.2) is 8.42 Å². The van der Waals surface area contributed by atoms with Crippen LogP contribution in [0.3, 0.4) is 0 Å². The molecule has 1 aromatic rings. The first-order valence-electron chi connectivity index (χ1n) is 7.00. The minimum atomic E-state index is -3.45. The van der Waals surface area contributed by atoms with E-state index in [1.807, 2.05) is 11.5 Å². The number of hydrogen-bond acceptors (Lipinski definition) is 4. The zero-order valence-corrected chi connectivity index (χ0v) is 12.9. The monoisotopic (exact) mass is 301 g/mol. The van der Waals surface area contributed by atoms with Crippen LogP contribution in [0, 0.1) is 0 Å². The van der Waals surface area contributed by atoms with Crippen LogP contribution >= 0.6 is 0 Å². The third kappa shape index (κ3) is 3.06. The Morgan fingerprint density at radius 2 is 2.25 bits per heavy atom. The van der Waals surface area contributed by atoms with Crippen molar-refractivity contribution in [2.75, 3.05) is 19.7 Å². The molecule has 1 fully saturated rings. The smallest absolute Gasteiger partial charge is 0.244 e. The molecule has 2 N–H and O–H groups in total. The fourth-order valence-corrected chi connectivity index (χ4v) is 4.01. The van der Waals surface area contributed by atoms with Gasteiger partial charge < -0.3 is 15.0 Å². The van der Waals surface area contributed by atoms with Crippen LogP contribution in [0.2, 0.25) is 0 Å². The third-order valence-corrected chi connectivity index (χ3v) is 5.31. The molecule has 0 aliphatic carbocycles. The van der Waals surface area contributed by atoms with Crippen molar-refractivity contribution in [3.63, 3.8) is 0 Å². The Hall–Kier alpha value is -0.890. The molecule has 2 rings (SSSR count). The van der Waals surface area contributed by atoms with Crippen LogP contribution in [0.4, 0.5) is 0 Å². The van der Waals surface area contributed by atoms with Crippen molar-refractivity contribution < 1.29 is 13.2 Å². The lowest BCUT2D eigenvalue weighted by Crippen LogP contribution is -2.44. The first kappa shape index (κ1) is 15.5. The number of rotatable bonds is 5. The molecular weight excluding hydrogens is 278 g/mol. The molecule has 1 aliphatic rings. The third-order valence-electron chi connectivity index (χ3n) is 3.48. The van der Waals surface area contributed by atoms with Crippen LogP contribution in [0.15, 0.2) is 17.2 Å². The van der Waals surface area contributed by atoms with E-state index in [2.05, 4.69) is 6.92 Å². The topological polar surface area (TPSA) is 77.6 Å². The van der Waals surface area contributed by atoms with E-state index in [1.54, 1.807) is 12.3 Å². The number of hydrogen-bond donors (Lipinski definition) is 1. The first-order valence-corrected chi connectivity index (χ1v) is 8.44. The summed E-state index contributed by atoms with van der Waals surface area (Å²) in [4.78, 5) is 0.334. The molecule has 1 aliphatic heterocycles. The lowest BCUT2D eigenvalue weighted by Gasteiger charge is -2.29. The summed E-state index contributed by atoms with van der Waals surface area (Å²) in [6, 6.07) is 1.69. The zero-order chi connectivity index (χ0) is 14.8. The number of sulfonamides is 1. The van der Waals surface area contributed by atoms with Crippen LogP contribution in [-0.4, -0.2) is 43.1 Å². The van der Waals surface area contributed by atoms with E-state index >= 15 is 0 Å². The molecule has 20 heavy (non-hydrogen) atoms. The number of morpholine rings is 1. The summed E-state index contributed by atoms with van der Waals surface area (Å²) in [5, 5.41) is 0. The van der Waals surface area contributed by atoms with Gasteiger partial charge in [-0.2, -0.15) is 4.31 Å². The maximum Gasteiger partial charge on any atom is 0.244 e. The van der Waals surface area contributed by atoms with Crippen molar-refractivity contribution >= 4 is 10.0 Å². The van der Waals surface area contributed by atoms with E-state index in [0.717, 1.165) is 18.7 Å². The van der Waals surface area contributed by atoms with Gasteiger partial charge in [-0.1, -0.05) is 6.92 Å². The van der Waals surface area contributed by atoms with E-state index in [-0.39, 0.29) is 6.10 Å². The average molecular weight is 301 g/mol. The first-order chi connectivity index (χ1) is 9.48. The fourth-order valence-electron chi connectivity index (χ4n) is 2.44. The fraction of sp³-hybridized carbons (Fsp3) is 0.692. The quantitative estimate of drug-likeness (QED) is 0.871. The Labute approximate surface area is 120 Å². The van der Waals surface area contributed by atoms with Gasteiger partial charge in [-0.15, -0.1) is 0 Å². The van der Waals surface area contributed by atoms with Crippen molar-refractivity contribution in [3.05, 3.63) is 18.0 Å². The highest BCUT2D eigenvalue weighted by atomic mass is 32.2. The molecule has 1 aromatic heterocycles. The minimum absolute atomic E-state index is 0.0646. The summed E-state index contributed by atoms with van der Waals surface area (Å²) in [6.45, 7) is 6.31. The SMILES string of the molecule is CCCn1cc(S(=O)(=O)N2CCOC(C)C2)cc1CN. The molecule has 114 valence electrons. The molecule has 1 saturated heterocycles. The Bertz CT molecular complexity index is 553. The van der Waals surface area contributed by atoms with Crippen molar-refractivity contribution in [3.8, 4) is 0 Å². The maximum atomic E-state index is 12.6. The van der Waals surface area contributed by atoms with Gasteiger partial charge in [0.05, 0.1) is 12.7 Å². The Balaban J connectivity index is 2.29. The maximum absolute atomic E-state index is 12.6. The molecule has 7 heteroatoms. The summed E-state index contributed by atoms with van der Waals surface area (Å²) < 4.78 is 34.1. The van der Waals surface area contributed by atoms with Gasteiger partial charge in [0.25, 0.3) is 0 Å². The highest BCUT2D eigenvalue weighted by molar-refractivity contribution is 7.89. The van der Waals surface area contributed by atoms with Gasteiger partial charge >= 0.3 is 0 Å². The Morgan fingerprint density at radius 3 is 2.85 bits per heavy atom. The van der Waals surface area contributed by atoms with Crippen molar-refractivity contribution in [2.45, 2.75) is 44.4 Å². The lowest BCUT2D eigenvalue weighted by atomic mass is 10.3. The number of ether oxygens (including phenoxy) is 1. The van der Waals surface area contributed by atoms with Gasteiger partial charge in [-0.3, -0.25) is 0 Å². The Kier molecular flexibility index (Phi) is 4.85. The molecule has 0 radical (unpaired) electrons. The van der Waals surface area contributed by atoms with Crippen LogP contribution in [-0.2, 0) is 27.8 Å². The van der Waals surface area contributed by atoms with Gasteiger partial charge in [0.2, 0.25) is 10.0 Å². The largest absolute Gasteiger partial charge is 0.376 e. The summed E-state index contributed by atoms with van der Waals surface area (Å²) >= 11 is 0. The molecule has 0 saturated carbocycles. The second kappa shape index (κ2) is 6.26. The van der Waals surface area contributed by atoms with Crippen LogP contribution < -0.4 is 5.73 Å². The molecule has 0 aromatic carbocycles. The van der Waals surface area contributed by atoms with Gasteiger partial charge in [0, 0.05) is 38.1 Å². The van der Waals surface area contributed by atoms with E-state index in [4.69, 9.17) is 10.5 Å². The van der Waals surface area contributed by atoms with E-state index in [1.165, 1.54) is 4.31 Å². The normalized spacial score (nSPS) is 21.2. The van der Waals surface area contributed by atoms with Crippen molar-refractivity contribution in [1.29, 1.82) is 0 Å². The van der Waals surface area contributed by atoms with Crippen molar-refractivity contribution in [2.24, 2.45) is 5.73 Å². The molecule has 6 nitrogen and oxygen atoms in total. The number of nitrogens with two attached hydrogens (primary N) is 1. The molecule has 0 bridgehead atoms. The summed E-state index contributed by atoms with van der Waals surface area (Å²) in [7, 11) is -3.45. The molecule has 1 atom stereocenters.